The summed E-state index contributed by atoms with van der Waals surface area (Å²) in [6.45, 7) is 2.03. The normalized spacial score (nSPS) is 14.4. The Morgan fingerprint density at radius 3 is 2.94 bits per heavy atom. The molecule has 0 unspecified atom stereocenters. The molecule has 82 valence electrons. The highest BCUT2D eigenvalue weighted by Gasteiger charge is 2.17. The zero-order chi connectivity index (χ0) is 11.3. The first-order valence-electron chi connectivity index (χ1n) is 5.51. The predicted octanol–water partition coefficient (Wildman–Crippen LogP) is 3.09. The lowest BCUT2D eigenvalue weighted by Gasteiger charge is -2.07. The van der Waals surface area contributed by atoms with Crippen LogP contribution in [-0.2, 0) is 12.8 Å². The smallest absolute Gasteiger partial charge is 0.192 e. The average Bonchev–Trinajstić information content (AvgIpc) is 2.73. The van der Waals surface area contributed by atoms with E-state index in [1.54, 1.807) is 0 Å². The number of hydrogen-bond donors (Lipinski definition) is 1. The second-order valence-electron chi connectivity index (χ2n) is 4.36. The molecule has 0 radical (unpaired) electrons. The van der Waals surface area contributed by atoms with Crippen LogP contribution in [0, 0.1) is 6.92 Å². The van der Waals surface area contributed by atoms with Crippen molar-refractivity contribution in [2.45, 2.75) is 26.2 Å². The van der Waals surface area contributed by atoms with Gasteiger partial charge in [0.15, 0.2) is 5.43 Å². The second kappa shape index (κ2) is 3.45. The molecule has 0 spiro atoms. The number of fused-ring (bicyclic) bond motifs is 2. The van der Waals surface area contributed by atoms with E-state index >= 15 is 0 Å². The average molecular weight is 278 g/mol. The molecular weight excluding hydrogens is 266 g/mol. The molecule has 2 aromatic rings. The summed E-state index contributed by atoms with van der Waals surface area (Å²) in [5, 5.41) is 0.821. The van der Waals surface area contributed by atoms with Gasteiger partial charge in [-0.2, -0.15) is 0 Å². The number of hydrogen-bond acceptors (Lipinski definition) is 1. The number of halogens is 1. The van der Waals surface area contributed by atoms with Gasteiger partial charge in [0.05, 0.1) is 5.52 Å². The number of H-pyrrole nitrogens is 1. The highest BCUT2D eigenvalue weighted by atomic mass is 79.9. The van der Waals surface area contributed by atoms with Gasteiger partial charge in [0, 0.05) is 21.1 Å². The summed E-state index contributed by atoms with van der Waals surface area (Å²) in [6, 6.07) is 3.86. The minimum atomic E-state index is 0.219. The molecule has 1 aromatic carbocycles. The molecule has 1 aliphatic carbocycles. The molecule has 1 heterocycles. The summed E-state index contributed by atoms with van der Waals surface area (Å²) < 4.78 is 1.05. The van der Waals surface area contributed by atoms with E-state index in [-0.39, 0.29) is 5.43 Å². The third kappa shape index (κ3) is 1.27. The molecule has 2 nitrogen and oxygen atoms in total. The molecule has 0 saturated heterocycles. The van der Waals surface area contributed by atoms with E-state index in [1.807, 2.05) is 19.1 Å². The van der Waals surface area contributed by atoms with Gasteiger partial charge in [-0.25, -0.2) is 0 Å². The maximum atomic E-state index is 12.2. The molecule has 0 atom stereocenters. The summed E-state index contributed by atoms with van der Waals surface area (Å²) in [5.41, 5.74) is 4.45. The SMILES string of the molecule is Cc1c(Br)ccc2c(=O)c3c([nH]c12)CCC3. The van der Waals surface area contributed by atoms with Crippen molar-refractivity contribution in [2.24, 2.45) is 0 Å². The monoisotopic (exact) mass is 277 g/mol. The number of aromatic nitrogens is 1. The summed E-state index contributed by atoms with van der Waals surface area (Å²) in [5.74, 6) is 0. The van der Waals surface area contributed by atoms with Crippen LogP contribution in [0.4, 0.5) is 0 Å². The summed E-state index contributed by atoms with van der Waals surface area (Å²) in [6.07, 6.45) is 3.03. The molecular formula is C13H12BrNO. The van der Waals surface area contributed by atoms with Crippen molar-refractivity contribution in [1.82, 2.24) is 4.98 Å². The lowest BCUT2D eigenvalue weighted by atomic mass is 10.1. The van der Waals surface area contributed by atoms with Crippen molar-refractivity contribution in [3.8, 4) is 0 Å². The van der Waals surface area contributed by atoms with E-state index < -0.39 is 0 Å². The minimum absolute atomic E-state index is 0.219. The van der Waals surface area contributed by atoms with Gasteiger partial charge >= 0.3 is 0 Å². The number of aryl methyl sites for hydroxylation is 2. The fourth-order valence-electron chi connectivity index (χ4n) is 2.48. The maximum Gasteiger partial charge on any atom is 0.192 e. The maximum absolute atomic E-state index is 12.2. The van der Waals surface area contributed by atoms with E-state index in [0.717, 1.165) is 51.5 Å². The van der Waals surface area contributed by atoms with Gasteiger partial charge < -0.3 is 4.98 Å². The van der Waals surface area contributed by atoms with Gasteiger partial charge in [-0.15, -0.1) is 0 Å². The van der Waals surface area contributed by atoms with Gasteiger partial charge in [-0.3, -0.25) is 4.79 Å². The summed E-state index contributed by atoms with van der Waals surface area (Å²) in [7, 11) is 0. The molecule has 16 heavy (non-hydrogen) atoms. The molecule has 1 aromatic heterocycles. The van der Waals surface area contributed by atoms with Crippen LogP contribution in [-0.4, -0.2) is 4.98 Å². The first-order valence-corrected chi connectivity index (χ1v) is 6.30. The first kappa shape index (κ1) is 10.1. The molecule has 0 saturated carbocycles. The zero-order valence-corrected chi connectivity index (χ0v) is 10.6. The fraction of sp³-hybridized carbons (Fsp3) is 0.308. The van der Waals surface area contributed by atoms with E-state index in [9.17, 15) is 4.79 Å². The number of nitrogens with one attached hydrogen (secondary N) is 1. The van der Waals surface area contributed by atoms with Crippen molar-refractivity contribution in [3.05, 3.63) is 43.6 Å². The number of aromatic amines is 1. The van der Waals surface area contributed by atoms with Gasteiger partial charge in [0.1, 0.15) is 0 Å². The highest BCUT2D eigenvalue weighted by molar-refractivity contribution is 9.10. The quantitative estimate of drug-likeness (QED) is 0.789. The van der Waals surface area contributed by atoms with Gasteiger partial charge in [-0.05, 0) is 43.9 Å². The third-order valence-corrected chi connectivity index (χ3v) is 4.27. The van der Waals surface area contributed by atoms with E-state index in [1.165, 1.54) is 0 Å². The third-order valence-electron chi connectivity index (χ3n) is 3.41. The second-order valence-corrected chi connectivity index (χ2v) is 5.21. The molecule has 0 bridgehead atoms. The summed E-state index contributed by atoms with van der Waals surface area (Å²) in [4.78, 5) is 15.7. The largest absolute Gasteiger partial charge is 0.358 e. The number of benzene rings is 1. The van der Waals surface area contributed by atoms with Crippen LogP contribution in [0.15, 0.2) is 21.4 Å². The lowest BCUT2D eigenvalue weighted by molar-refractivity contribution is 0.900. The minimum Gasteiger partial charge on any atom is -0.358 e. The molecule has 3 rings (SSSR count). The van der Waals surface area contributed by atoms with E-state index in [2.05, 4.69) is 20.9 Å². The van der Waals surface area contributed by atoms with Crippen molar-refractivity contribution in [3.63, 3.8) is 0 Å². The molecule has 1 N–H and O–H groups in total. The molecule has 0 aliphatic heterocycles. The van der Waals surface area contributed by atoms with Crippen LogP contribution < -0.4 is 5.43 Å². The van der Waals surface area contributed by atoms with Crippen LogP contribution in [0.5, 0.6) is 0 Å². The topological polar surface area (TPSA) is 32.9 Å². The Morgan fingerprint density at radius 1 is 1.31 bits per heavy atom. The molecule has 3 heteroatoms. The van der Waals surface area contributed by atoms with Crippen LogP contribution in [0.2, 0.25) is 0 Å². The standard InChI is InChI=1S/C13H12BrNO/c1-7-10(14)6-5-9-12(7)15-11-4-2-3-8(11)13(9)16/h5-6H,2-4H2,1H3,(H,15,16). The van der Waals surface area contributed by atoms with E-state index in [4.69, 9.17) is 0 Å². The first-order chi connectivity index (χ1) is 7.68. The zero-order valence-electron chi connectivity index (χ0n) is 9.06. The van der Waals surface area contributed by atoms with Crippen molar-refractivity contribution < 1.29 is 0 Å². The Balaban J connectivity index is 2.51. The van der Waals surface area contributed by atoms with Crippen LogP contribution in [0.25, 0.3) is 10.9 Å². The Kier molecular flexibility index (Phi) is 2.18. The van der Waals surface area contributed by atoms with Crippen LogP contribution in [0.3, 0.4) is 0 Å². The van der Waals surface area contributed by atoms with Crippen LogP contribution in [0.1, 0.15) is 23.2 Å². The molecule has 1 aliphatic rings. The van der Waals surface area contributed by atoms with Gasteiger partial charge in [0.25, 0.3) is 0 Å². The Labute approximate surface area is 102 Å². The van der Waals surface area contributed by atoms with Crippen molar-refractivity contribution in [1.29, 1.82) is 0 Å². The number of rotatable bonds is 0. The Morgan fingerprint density at radius 2 is 2.12 bits per heavy atom. The van der Waals surface area contributed by atoms with Gasteiger partial charge in [-0.1, -0.05) is 15.9 Å². The van der Waals surface area contributed by atoms with Gasteiger partial charge in [0.2, 0.25) is 0 Å². The van der Waals surface area contributed by atoms with Crippen molar-refractivity contribution in [2.75, 3.05) is 0 Å². The predicted molar refractivity (Wildman–Crippen MR) is 69.0 cm³/mol. The van der Waals surface area contributed by atoms with Crippen LogP contribution >= 0.6 is 15.9 Å². The Hall–Kier alpha value is -1.09. The fourth-order valence-corrected chi connectivity index (χ4v) is 2.81. The summed E-state index contributed by atoms with van der Waals surface area (Å²) >= 11 is 3.50. The van der Waals surface area contributed by atoms with E-state index in [0.29, 0.717) is 0 Å². The Bertz CT molecular complexity index is 642. The lowest BCUT2D eigenvalue weighted by Crippen LogP contribution is -2.11. The molecule has 0 amide bonds. The molecule has 0 fully saturated rings. The van der Waals surface area contributed by atoms with Crippen molar-refractivity contribution >= 4 is 26.8 Å². The highest BCUT2D eigenvalue weighted by Crippen LogP contribution is 2.26. The number of pyridine rings is 1.